The molecule has 4 heteroatoms. The van der Waals surface area contributed by atoms with Gasteiger partial charge < -0.3 is 0 Å². The van der Waals surface area contributed by atoms with Gasteiger partial charge in [-0.3, -0.25) is 0 Å². The van der Waals surface area contributed by atoms with E-state index in [9.17, 15) is 0 Å². The zero-order chi connectivity index (χ0) is 10.8. The minimum Gasteiger partial charge on any atom is -0.143 e. The topological polar surface area (TPSA) is 25.8 Å². The van der Waals surface area contributed by atoms with Crippen molar-refractivity contribution in [3.63, 3.8) is 0 Å². The van der Waals surface area contributed by atoms with Crippen LogP contribution in [0.15, 0.2) is 28.7 Å². The van der Waals surface area contributed by atoms with Crippen LogP contribution in [0.1, 0.15) is 24.8 Å². The van der Waals surface area contributed by atoms with Gasteiger partial charge >= 0.3 is 0 Å². The second-order valence-electron chi connectivity index (χ2n) is 3.61. The Bertz CT molecular complexity index is 448. The number of hydrogen-bond donors (Lipinski definition) is 0. The Labute approximate surface area is 101 Å². The van der Waals surface area contributed by atoms with E-state index in [0.29, 0.717) is 5.92 Å². The third-order valence-electron chi connectivity index (χ3n) is 2.03. The van der Waals surface area contributed by atoms with Crippen molar-refractivity contribution in [3.8, 4) is 10.6 Å². The van der Waals surface area contributed by atoms with Crippen molar-refractivity contribution < 1.29 is 0 Å². The molecule has 0 bridgehead atoms. The van der Waals surface area contributed by atoms with Crippen LogP contribution < -0.4 is 0 Å². The third-order valence-corrected chi connectivity index (χ3v) is 3.83. The highest BCUT2D eigenvalue weighted by molar-refractivity contribution is 9.10. The van der Waals surface area contributed by atoms with E-state index < -0.39 is 0 Å². The molecule has 0 N–H and O–H groups in total. The Balaban J connectivity index is 2.33. The van der Waals surface area contributed by atoms with Crippen molar-refractivity contribution in [2.45, 2.75) is 19.8 Å². The Morgan fingerprint density at radius 1 is 1.13 bits per heavy atom. The minimum absolute atomic E-state index is 0.451. The van der Waals surface area contributed by atoms with Crippen LogP contribution >= 0.6 is 27.3 Å². The van der Waals surface area contributed by atoms with Gasteiger partial charge in [0.15, 0.2) is 0 Å². The Morgan fingerprint density at radius 2 is 1.80 bits per heavy atom. The SMILES string of the molecule is CC(C)c1nnc(-c2ccc(Br)cc2)s1. The second-order valence-corrected chi connectivity index (χ2v) is 5.53. The molecule has 2 aromatic rings. The van der Waals surface area contributed by atoms with E-state index in [1.165, 1.54) is 0 Å². The molecular weight excluding hydrogens is 272 g/mol. The number of nitrogens with zero attached hydrogens (tertiary/aromatic N) is 2. The van der Waals surface area contributed by atoms with E-state index >= 15 is 0 Å². The molecule has 15 heavy (non-hydrogen) atoms. The molecule has 0 atom stereocenters. The minimum atomic E-state index is 0.451. The summed E-state index contributed by atoms with van der Waals surface area (Å²) in [5, 5.41) is 10.4. The molecule has 0 aliphatic rings. The average molecular weight is 283 g/mol. The normalized spacial score (nSPS) is 10.9. The molecule has 78 valence electrons. The van der Waals surface area contributed by atoms with Crippen molar-refractivity contribution in [3.05, 3.63) is 33.7 Å². The maximum Gasteiger partial charge on any atom is 0.147 e. The lowest BCUT2D eigenvalue weighted by molar-refractivity contribution is 0.825. The summed E-state index contributed by atoms with van der Waals surface area (Å²) in [5.41, 5.74) is 1.13. The average Bonchev–Trinajstić information content (AvgIpc) is 2.68. The first-order valence-corrected chi connectivity index (χ1v) is 6.37. The van der Waals surface area contributed by atoms with Gasteiger partial charge in [-0.25, -0.2) is 0 Å². The van der Waals surface area contributed by atoms with E-state index in [2.05, 4.69) is 52.1 Å². The van der Waals surface area contributed by atoms with Crippen molar-refractivity contribution >= 4 is 27.3 Å². The number of aromatic nitrogens is 2. The molecule has 0 radical (unpaired) electrons. The van der Waals surface area contributed by atoms with Crippen LogP contribution in [0, 0.1) is 0 Å². The highest BCUT2D eigenvalue weighted by Crippen LogP contribution is 2.27. The molecule has 0 saturated carbocycles. The molecule has 1 aromatic heterocycles. The molecule has 2 nitrogen and oxygen atoms in total. The van der Waals surface area contributed by atoms with Crippen LogP contribution in [0.3, 0.4) is 0 Å². The molecule has 0 unspecified atom stereocenters. The van der Waals surface area contributed by atoms with Gasteiger partial charge in [0.25, 0.3) is 0 Å². The van der Waals surface area contributed by atoms with Gasteiger partial charge in [0.1, 0.15) is 10.0 Å². The third kappa shape index (κ3) is 2.44. The maximum absolute atomic E-state index is 4.19. The molecule has 0 aliphatic carbocycles. The monoisotopic (exact) mass is 282 g/mol. The smallest absolute Gasteiger partial charge is 0.143 e. The van der Waals surface area contributed by atoms with Gasteiger partial charge in [0, 0.05) is 16.0 Å². The molecule has 0 spiro atoms. The predicted octanol–water partition coefficient (Wildman–Crippen LogP) is 4.09. The van der Waals surface area contributed by atoms with Crippen molar-refractivity contribution in [2.24, 2.45) is 0 Å². The van der Waals surface area contributed by atoms with Crippen molar-refractivity contribution in [2.75, 3.05) is 0 Å². The fourth-order valence-corrected chi connectivity index (χ4v) is 2.29. The molecule has 0 saturated heterocycles. The zero-order valence-electron chi connectivity index (χ0n) is 8.57. The Hall–Kier alpha value is -0.740. The lowest BCUT2D eigenvalue weighted by Gasteiger charge is -1.95. The largest absolute Gasteiger partial charge is 0.147 e. The molecule has 0 aliphatic heterocycles. The first-order chi connectivity index (χ1) is 7.16. The highest BCUT2D eigenvalue weighted by Gasteiger charge is 2.08. The van der Waals surface area contributed by atoms with Crippen LogP contribution in [0.25, 0.3) is 10.6 Å². The van der Waals surface area contributed by atoms with Gasteiger partial charge in [-0.2, -0.15) is 0 Å². The van der Waals surface area contributed by atoms with E-state index in [0.717, 1.165) is 20.1 Å². The van der Waals surface area contributed by atoms with Gasteiger partial charge in [0.2, 0.25) is 0 Å². The van der Waals surface area contributed by atoms with Crippen molar-refractivity contribution in [1.29, 1.82) is 0 Å². The summed E-state index contributed by atoms with van der Waals surface area (Å²) in [6, 6.07) is 8.14. The second kappa shape index (κ2) is 4.41. The fourth-order valence-electron chi connectivity index (χ4n) is 1.18. The molecular formula is C11H11BrN2S. The predicted molar refractivity (Wildman–Crippen MR) is 67.1 cm³/mol. The molecule has 1 heterocycles. The Morgan fingerprint density at radius 3 is 2.33 bits per heavy atom. The zero-order valence-corrected chi connectivity index (χ0v) is 11.0. The van der Waals surface area contributed by atoms with Gasteiger partial charge in [-0.05, 0) is 12.1 Å². The van der Waals surface area contributed by atoms with Crippen LogP contribution in [0.2, 0.25) is 0 Å². The fraction of sp³-hybridized carbons (Fsp3) is 0.273. The summed E-state index contributed by atoms with van der Waals surface area (Å²) in [5.74, 6) is 0.451. The quantitative estimate of drug-likeness (QED) is 0.829. The number of halogens is 1. The summed E-state index contributed by atoms with van der Waals surface area (Å²) < 4.78 is 1.08. The first-order valence-electron chi connectivity index (χ1n) is 4.76. The van der Waals surface area contributed by atoms with E-state index in [1.807, 2.05) is 12.1 Å². The van der Waals surface area contributed by atoms with E-state index in [4.69, 9.17) is 0 Å². The standard InChI is InChI=1S/C11H11BrN2S/c1-7(2)10-13-14-11(15-10)8-3-5-9(12)6-4-8/h3-7H,1-2H3. The van der Waals surface area contributed by atoms with Crippen LogP contribution in [0.5, 0.6) is 0 Å². The highest BCUT2D eigenvalue weighted by atomic mass is 79.9. The molecule has 0 fully saturated rings. The lowest BCUT2D eigenvalue weighted by atomic mass is 10.2. The summed E-state index contributed by atoms with van der Waals surface area (Å²) >= 11 is 5.08. The first kappa shape index (κ1) is 10.8. The number of hydrogen-bond acceptors (Lipinski definition) is 3. The Kier molecular flexibility index (Phi) is 3.17. The van der Waals surface area contributed by atoms with Crippen LogP contribution in [-0.2, 0) is 0 Å². The summed E-state index contributed by atoms with van der Waals surface area (Å²) in [6.07, 6.45) is 0. The van der Waals surface area contributed by atoms with E-state index in [1.54, 1.807) is 11.3 Å². The lowest BCUT2D eigenvalue weighted by Crippen LogP contribution is -1.83. The van der Waals surface area contributed by atoms with Gasteiger partial charge in [-0.15, -0.1) is 10.2 Å². The number of benzene rings is 1. The van der Waals surface area contributed by atoms with Gasteiger partial charge in [0.05, 0.1) is 0 Å². The summed E-state index contributed by atoms with van der Waals surface area (Å²) in [7, 11) is 0. The van der Waals surface area contributed by atoms with Crippen LogP contribution in [0.4, 0.5) is 0 Å². The number of rotatable bonds is 2. The van der Waals surface area contributed by atoms with Crippen molar-refractivity contribution in [1.82, 2.24) is 10.2 Å². The molecule has 2 rings (SSSR count). The summed E-state index contributed by atoms with van der Waals surface area (Å²) in [4.78, 5) is 0. The molecule has 1 aromatic carbocycles. The molecule has 0 amide bonds. The maximum atomic E-state index is 4.19. The summed E-state index contributed by atoms with van der Waals surface area (Å²) in [6.45, 7) is 4.26. The van der Waals surface area contributed by atoms with Gasteiger partial charge in [-0.1, -0.05) is 53.2 Å². The van der Waals surface area contributed by atoms with E-state index in [-0.39, 0.29) is 0 Å². The van der Waals surface area contributed by atoms with Crippen LogP contribution in [-0.4, -0.2) is 10.2 Å².